The van der Waals surface area contributed by atoms with Crippen molar-refractivity contribution >= 4 is 11.6 Å². The van der Waals surface area contributed by atoms with Crippen molar-refractivity contribution in [1.82, 2.24) is 9.78 Å². The van der Waals surface area contributed by atoms with Crippen molar-refractivity contribution in [2.45, 2.75) is 25.3 Å². The van der Waals surface area contributed by atoms with E-state index in [1.807, 2.05) is 35.1 Å². The van der Waals surface area contributed by atoms with Gasteiger partial charge in [-0.25, -0.2) is 0 Å². The van der Waals surface area contributed by atoms with Gasteiger partial charge >= 0.3 is 0 Å². The quantitative estimate of drug-likeness (QED) is 0.889. The van der Waals surface area contributed by atoms with Crippen molar-refractivity contribution in [3.05, 3.63) is 42.2 Å². The molecule has 2 aromatic rings. The van der Waals surface area contributed by atoms with Gasteiger partial charge in [0.15, 0.2) is 0 Å². The molecule has 1 fully saturated rings. The van der Waals surface area contributed by atoms with E-state index in [1.165, 1.54) is 0 Å². The number of methoxy groups -OCH3 is 1. The van der Waals surface area contributed by atoms with Gasteiger partial charge in [0.1, 0.15) is 5.75 Å². The lowest BCUT2D eigenvalue weighted by atomic mass is 10.1. The molecule has 23 heavy (non-hydrogen) atoms. The molecule has 6 nitrogen and oxygen atoms in total. The number of nitrogens with zero attached hydrogens (tertiary/aromatic N) is 2. The molecule has 0 spiro atoms. The van der Waals surface area contributed by atoms with E-state index in [0.29, 0.717) is 19.4 Å². The largest absolute Gasteiger partial charge is 0.497 e. The number of aromatic nitrogens is 2. The summed E-state index contributed by atoms with van der Waals surface area (Å²) < 4.78 is 12.3. The molecule has 1 aliphatic heterocycles. The number of carbonyl (C=O) groups is 1. The van der Waals surface area contributed by atoms with Gasteiger partial charge in [-0.3, -0.25) is 9.48 Å². The van der Waals surface area contributed by atoms with Crippen LogP contribution in [0.2, 0.25) is 0 Å². The first-order chi connectivity index (χ1) is 11.2. The van der Waals surface area contributed by atoms with Crippen molar-refractivity contribution in [3.63, 3.8) is 0 Å². The molecular weight excluding hydrogens is 294 g/mol. The molecule has 0 unspecified atom stereocenters. The first kappa shape index (κ1) is 15.6. The van der Waals surface area contributed by atoms with Gasteiger partial charge in [0.25, 0.3) is 0 Å². The van der Waals surface area contributed by atoms with E-state index in [9.17, 15) is 4.79 Å². The Hall–Kier alpha value is -2.34. The number of nitrogens with one attached hydrogen (secondary N) is 1. The van der Waals surface area contributed by atoms with E-state index in [-0.39, 0.29) is 11.9 Å². The second kappa shape index (κ2) is 7.28. The van der Waals surface area contributed by atoms with Gasteiger partial charge in [0.05, 0.1) is 31.6 Å². The second-order valence-electron chi connectivity index (χ2n) is 5.62. The molecule has 1 aliphatic rings. The van der Waals surface area contributed by atoms with Crippen molar-refractivity contribution in [3.8, 4) is 5.75 Å². The van der Waals surface area contributed by atoms with E-state index < -0.39 is 0 Å². The first-order valence-corrected chi connectivity index (χ1v) is 7.79. The third-order valence-corrected chi connectivity index (χ3v) is 3.96. The van der Waals surface area contributed by atoms with Crippen LogP contribution >= 0.6 is 0 Å². The Labute approximate surface area is 135 Å². The van der Waals surface area contributed by atoms with Crippen molar-refractivity contribution in [1.29, 1.82) is 0 Å². The Balaban J connectivity index is 1.48. The highest BCUT2D eigenvalue weighted by atomic mass is 16.5. The van der Waals surface area contributed by atoms with Crippen molar-refractivity contribution in [2.75, 3.05) is 25.6 Å². The Kier molecular flexibility index (Phi) is 4.92. The second-order valence-corrected chi connectivity index (χ2v) is 5.62. The maximum absolute atomic E-state index is 12.0. The minimum atomic E-state index is -0.0111. The Morgan fingerprint density at radius 2 is 2.26 bits per heavy atom. The fraction of sp³-hybridized carbons (Fsp3) is 0.412. The van der Waals surface area contributed by atoms with Crippen LogP contribution in [0.5, 0.6) is 5.75 Å². The Morgan fingerprint density at radius 3 is 2.96 bits per heavy atom. The number of hydrogen-bond acceptors (Lipinski definition) is 4. The van der Waals surface area contributed by atoms with Crippen LogP contribution in [-0.2, 0) is 16.0 Å². The van der Waals surface area contributed by atoms with E-state index in [1.54, 1.807) is 13.3 Å². The van der Waals surface area contributed by atoms with Crippen molar-refractivity contribution in [2.24, 2.45) is 0 Å². The topological polar surface area (TPSA) is 65.4 Å². The molecule has 1 atom stereocenters. The van der Waals surface area contributed by atoms with Crippen LogP contribution in [0, 0.1) is 0 Å². The molecule has 2 heterocycles. The van der Waals surface area contributed by atoms with Gasteiger partial charge in [-0.05, 0) is 30.5 Å². The number of ether oxygens (including phenoxy) is 2. The van der Waals surface area contributed by atoms with Crippen molar-refractivity contribution < 1.29 is 14.3 Å². The number of benzene rings is 1. The summed E-state index contributed by atoms with van der Waals surface area (Å²) in [6, 6.07) is 8.04. The number of anilines is 1. The van der Waals surface area contributed by atoms with Gasteiger partial charge in [0, 0.05) is 19.2 Å². The Bertz CT molecular complexity index is 645. The number of amides is 1. The Morgan fingerprint density at radius 1 is 1.43 bits per heavy atom. The van der Waals surface area contributed by atoms with E-state index in [4.69, 9.17) is 9.47 Å². The van der Waals surface area contributed by atoms with E-state index in [2.05, 4.69) is 10.4 Å². The third-order valence-electron chi connectivity index (χ3n) is 3.96. The smallest absolute Gasteiger partial charge is 0.224 e. The molecule has 122 valence electrons. The zero-order valence-corrected chi connectivity index (χ0v) is 13.2. The molecule has 0 radical (unpaired) electrons. The van der Waals surface area contributed by atoms with E-state index >= 15 is 0 Å². The average Bonchev–Trinajstić information content (AvgIpc) is 3.24. The molecule has 3 rings (SSSR count). The van der Waals surface area contributed by atoms with Crippen LogP contribution in [0.15, 0.2) is 36.7 Å². The summed E-state index contributed by atoms with van der Waals surface area (Å²) in [4.78, 5) is 12.0. The monoisotopic (exact) mass is 315 g/mol. The zero-order valence-electron chi connectivity index (χ0n) is 13.2. The third kappa shape index (κ3) is 4.10. The molecule has 0 aliphatic carbocycles. The van der Waals surface area contributed by atoms with Crippen LogP contribution in [0.1, 0.15) is 24.4 Å². The zero-order chi connectivity index (χ0) is 16.1. The highest BCUT2D eigenvalue weighted by Gasteiger charge is 2.18. The normalized spacial score (nSPS) is 17.2. The van der Waals surface area contributed by atoms with Gasteiger partial charge in [-0.1, -0.05) is 12.1 Å². The highest BCUT2D eigenvalue weighted by molar-refractivity contribution is 5.90. The summed E-state index contributed by atoms with van der Waals surface area (Å²) >= 11 is 0. The van der Waals surface area contributed by atoms with Gasteiger partial charge in [-0.2, -0.15) is 5.10 Å². The van der Waals surface area contributed by atoms with Crippen LogP contribution in [0.25, 0.3) is 0 Å². The lowest BCUT2D eigenvalue weighted by Gasteiger charge is -2.07. The van der Waals surface area contributed by atoms with Gasteiger partial charge < -0.3 is 14.8 Å². The average molecular weight is 315 g/mol. The lowest BCUT2D eigenvalue weighted by Crippen LogP contribution is -2.12. The molecule has 1 amide bonds. The SMILES string of the molecule is COc1ccc(CCC(=O)Nc2cnn([C@H]3CCOC3)c2)cc1. The summed E-state index contributed by atoms with van der Waals surface area (Å²) in [6.07, 6.45) is 5.64. The fourth-order valence-electron chi connectivity index (χ4n) is 2.61. The van der Waals surface area contributed by atoms with Crippen LogP contribution in [0.4, 0.5) is 5.69 Å². The minimum absolute atomic E-state index is 0.0111. The number of carbonyl (C=O) groups excluding carboxylic acids is 1. The summed E-state index contributed by atoms with van der Waals surface area (Å²) in [7, 11) is 1.64. The summed E-state index contributed by atoms with van der Waals surface area (Å²) in [5.41, 5.74) is 1.84. The molecule has 1 aromatic carbocycles. The van der Waals surface area contributed by atoms with Crippen LogP contribution < -0.4 is 10.1 Å². The predicted molar refractivity (Wildman–Crippen MR) is 86.6 cm³/mol. The molecule has 1 N–H and O–H groups in total. The van der Waals surface area contributed by atoms with Crippen LogP contribution in [0.3, 0.4) is 0 Å². The maximum atomic E-state index is 12.0. The molecule has 6 heteroatoms. The summed E-state index contributed by atoms with van der Waals surface area (Å²) in [6.45, 7) is 1.46. The molecule has 0 bridgehead atoms. The minimum Gasteiger partial charge on any atom is -0.497 e. The molecule has 0 saturated carbocycles. The first-order valence-electron chi connectivity index (χ1n) is 7.79. The summed E-state index contributed by atoms with van der Waals surface area (Å²) in [5, 5.41) is 7.19. The molecule has 1 aromatic heterocycles. The standard InChI is InChI=1S/C17H21N3O3/c1-22-16-5-2-13(3-6-16)4-7-17(21)19-14-10-18-20(11-14)15-8-9-23-12-15/h2-3,5-6,10-11,15H,4,7-9,12H2,1H3,(H,19,21)/t15-/m0/s1. The number of aryl methyl sites for hydroxylation is 1. The number of hydrogen-bond donors (Lipinski definition) is 1. The van der Waals surface area contributed by atoms with Gasteiger partial charge in [0.2, 0.25) is 5.91 Å². The molecular formula is C17H21N3O3. The lowest BCUT2D eigenvalue weighted by molar-refractivity contribution is -0.116. The highest BCUT2D eigenvalue weighted by Crippen LogP contribution is 2.20. The van der Waals surface area contributed by atoms with Crippen LogP contribution in [-0.4, -0.2) is 36.0 Å². The maximum Gasteiger partial charge on any atom is 0.224 e. The summed E-state index contributed by atoms with van der Waals surface area (Å²) in [5.74, 6) is 0.810. The van der Waals surface area contributed by atoms with E-state index in [0.717, 1.165) is 30.0 Å². The van der Waals surface area contributed by atoms with Gasteiger partial charge in [-0.15, -0.1) is 0 Å². The molecule has 1 saturated heterocycles. The predicted octanol–water partition coefficient (Wildman–Crippen LogP) is 2.42. The number of rotatable bonds is 6. The fourth-order valence-corrected chi connectivity index (χ4v) is 2.61.